The molecule has 0 aromatic carbocycles. The van der Waals surface area contributed by atoms with Crippen LogP contribution in [-0.4, -0.2) is 73.8 Å². The summed E-state index contributed by atoms with van der Waals surface area (Å²) in [5, 5.41) is 12.3. The number of rotatable bonds is 14. The van der Waals surface area contributed by atoms with Crippen molar-refractivity contribution in [2.75, 3.05) is 12.3 Å². The fourth-order valence-corrected chi connectivity index (χ4v) is 7.09. The molecule has 16 heteroatoms. The van der Waals surface area contributed by atoms with Crippen LogP contribution in [0.1, 0.15) is 80.6 Å². The van der Waals surface area contributed by atoms with Gasteiger partial charge in [0.05, 0.1) is 17.3 Å². The Morgan fingerprint density at radius 1 is 1.12 bits per heavy atom. The van der Waals surface area contributed by atoms with Crippen molar-refractivity contribution in [3.63, 3.8) is 0 Å². The third-order valence-electron chi connectivity index (χ3n) is 5.81. The van der Waals surface area contributed by atoms with Crippen LogP contribution in [-0.2, 0) is 43.8 Å². The third kappa shape index (κ3) is 11.4. The highest BCUT2D eigenvalue weighted by Gasteiger charge is 2.45. The molecule has 1 aliphatic rings. The Balaban J connectivity index is 3.05. The summed E-state index contributed by atoms with van der Waals surface area (Å²) in [6.07, 6.45) is -1.43. The summed E-state index contributed by atoms with van der Waals surface area (Å²) >= 11 is 1.10. The highest BCUT2D eigenvalue weighted by molar-refractivity contribution is 8.26. The van der Waals surface area contributed by atoms with Crippen LogP contribution in [0.2, 0.25) is 0 Å². The van der Waals surface area contributed by atoms with E-state index in [1.165, 1.54) is 6.92 Å². The Morgan fingerprint density at radius 2 is 1.70 bits per heavy atom. The Hall–Kier alpha value is -2.06. The van der Waals surface area contributed by atoms with Gasteiger partial charge in [-0.3, -0.25) is 19.2 Å². The lowest BCUT2D eigenvalue weighted by Crippen LogP contribution is -2.50. The predicted octanol–water partition coefficient (Wildman–Crippen LogP) is 1.93. The van der Waals surface area contributed by atoms with Crippen molar-refractivity contribution >= 4 is 64.9 Å². The lowest BCUT2D eigenvalue weighted by Gasteiger charge is -2.37. The lowest BCUT2D eigenvalue weighted by molar-refractivity contribution is -0.197. The normalized spacial score (nSPS) is 18.2. The number of aliphatic hydroxyl groups is 1. The quantitative estimate of drug-likeness (QED) is 0.126. The Labute approximate surface area is 243 Å². The largest absolute Gasteiger partial charge is 0.443 e. The molecule has 1 heterocycles. The molecule has 0 bridgehead atoms. The van der Waals surface area contributed by atoms with Crippen LogP contribution in [0.25, 0.3) is 0 Å². The van der Waals surface area contributed by atoms with E-state index in [0.717, 1.165) is 11.8 Å². The van der Waals surface area contributed by atoms with Crippen molar-refractivity contribution in [2.24, 2.45) is 5.41 Å². The summed E-state index contributed by atoms with van der Waals surface area (Å²) in [6.45, 7) is 11.8. The fourth-order valence-electron chi connectivity index (χ4n) is 3.57. The zero-order chi connectivity index (χ0) is 30.9. The molecule has 0 aromatic heterocycles. The minimum atomic E-state index is -1.42. The topological polar surface area (TPSA) is 180 Å². The van der Waals surface area contributed by atoms with E-state index in [2.05, 4.69) is 23.6 Å². The van der Waals surface area contributed by atoms with Crippen LogP contribution < -0.4 is 15.6 Å². The molecule has 4 amide bonds. The molecule has 13 nitrogen and oxygen atoms in total. The molecule has 0 aliphatic carbocycles. The summed E-state index contributed by atoms with van der Waals surface area (Å²) in [7, 11) is 1.91. The number of carbonyl (C=O) groups is 6. The number of imide groups is 1. The number of hydrogen-bond donors (Lipinski definition) is 4. The average molecular weight is 625 g/mol. The number of amides is 4. The van der Waals surface area contributed by atoms with Crippen LogP contribution in [0.15, 0.2) is 0 Å². The zero-order valence-electron chi connectivity index (χ0n) is 24.0. The van der Waals surface area contributed by atoms with Gasteiger partial charge in [-0.1, -0.05) is 21.9 Å². The molecule has 4 N–H and O–H groups in total. The van der Waals surface area contributed by atoms with E-state index >= 15 is 0 Å². The fraction of sp³-hybridized carbons (Fsp3) is 0.750. The molecular formula is C24H41N4O9PS2. The number of hydrazine groups is 1. The van der Waals surface area contributed by atoms with Crippen molar-refractivity contribution < 1.29 is 43.4 Å². The van der Waals surface area contributed by atoms with Gasteiger partial charge in [-0.2, -0.15) is 4.83 Å². The number of nitrogens with one attached hydrogen (secondary N) is 3. The molecular weight excluding hydrogens is 583 g/mol. The van der Waals surface area contributed by atoms with Gasteiger partial charge >= 0.3 is 12.1 Å². The molecule has 228 valence electrons. The third-order valence-corrected chi connectivity index (χ3v) is 9.31. The zero-order valence-corrected chi connectivity index (χ0v) is 26.6. The van der Waals surface area contributed by atoms with Gasteiger partial charge in [0.15, 0.2) is 0 Å². The van der Waals surface area contributed by atoms with Crippen molar-refractivity contribution in [3.8, 4) is 0 Å². The van der Waals surface area contributed by atoms with E-state index in [9.17, 15) is 33.9 Å². The molecule has 0 radical (unpaired) electrons. The maximum atomic E-state index is 13.7. The van der Waals surface area contributed by atoms with E-state index < -0.39 is 61.1 Å². The molecule has 1 rings (SSSR count). The van der Waals surface area contributed by atoms with E-state index in [0.29, 0.717) is 11.5 Å². The molecule has 0 spiro atoms. The van der Waals surface area contributed by atoms with Gasteiger partial charge in [0, 0.05) is 30.6 Å². The van der Waals surface area contributed by atoms with Gasteiger partial charge in [-0.15, -0.1) is 16.8 Å². The Kier molecular flexibility index (Phi) is 13.7. The van der Waals surface area contributed by atoms with Gasteiger partial charge in [0.2, 0.25) is 11.0 Å². The molecule has 0 aromatic rings. The monoisotopic (exact) mass is 624 g/mol. The number of aliphatic hydroxyl groups excluding tert-OH is 1. The highest BCUT2D eigenvalue weighted by atomic mass is 32.5. The first-order valence-electron chi connectivity index (χ1n) is 12.7. The minimum absolute atomic E-state index is 0.0299. The second kappa shape index (κ2) is 15.2. The van der Waals surface area contributed by atoms with Crippen molar-refractivity contribution in [1.29, 1.82) is 0 Å². The molecule has 0 saturated carbocycles. The number of carbonyl (C=O) groups excluding carboxylic acids is 6. The summed E-state index contributed by atoms with van der Waals surface area (Å²) in [4.78, 5) is 82.1. The van der Waals surface area contributed by atoms with Gasteiger partial charge in [-0.05, 0) is 57.7 Å². The Bertz CT molecular complexity index is 1000. The minimum Gasteiger partial charge on any atom is -0.443 e. The maximum Gasteiger partial charge on any atom is 0.422 e. The number of hydrogen-bond acceptors (Lipinski definition) is 10. The van der Waals surface area contributed by atoms with Crippen LogP contribution in [0.4, 0.5) is 4.79 Å². The lowest BCUT2D eigenvalue weighted by atomic mass is 9.78. The van der Waals surface area contributed by atoms with Crippen LogP contribution in [0.3, 0.4) is 0 Å². The average Bonchev–Trinajstić information content (AvgIpc) is 3.16. The van der Waals surface area contributed by atoms with Crippen molar-refractivity contribution in [1.82, 2.24) is 20.6 Å². The first-order chi connectivity index (χ1) is 18.3. The summed E-state index contributed by atoms with van der Waals surface area (Å²) in [6, 6.07) is 0. The van der Waals surface area contributed by atoms with E-state index in [4.69, 9.17) is 9.57 Å². The summed E-state index contributed by atoms with van der Waals surface area (Å²) in [5.74, 6) is -2.30. The predicted molar refractivity (Wildman–Crippen MR) is 154 cm³/mol. The molecule has 4 unspecified atom stereocenters. The second-order valence-electron chi connectivity index (χ2n) is 10.8. The second-order valence-corrected chi connectivity index (χ2v) is 14.9. The SMILES string of the molecule is CCC(C)(CC(C)(SCCC(=O)ON1C(=O)CCC1=O)C(=O)S(=P)NNC(=O)OC(C)(C)C)C(=O)NCC(C)O. The number of ether oxygens (including phenoxy) is 1. The van der Waals surface area contributed by atoms with Crippen LogP contribution in [0.5, 0.6) is 0 Å². The number of hydroxylamine groups is 2. The standard InChI is InChI=1S/C24H41N4O9PS2/c1-8-23(6,19(33)25-13-15(2)29)14-24(7,20(34)40(38)27-26-21(35)36-22(3,4)5)39-12-11-18(32)37-28-16(30)9-10-17(28)31/h15,27,29,38H,8-14H2,1-7H3,(H,25,33)(H,26,35). The Morgan fingerprint density at radius 3 is 2.20 bits per heavy atom. The van der Waals surface area contributed by atoms with Gasteiger partial charge in [0.1, 0.15) is 5.60 Å². The maximum absolute atomic E-state index is 13.7. The van der Waals surface area contributed by atoms with Crippen molar-refractivity contribution in [2.45, 2.75) is 97.0 Å². The molecule has 40 heavy (non-hydrogen) atoms. The van der Waals surface area contributed by atoms with E-state index in [1.54, 1.807) is 41.5 Å². The molecule has 4 atom stereocenters. The van der Waals surface area contributed by atoms with Crippen molar-refractivity contribution in [3.05, 3.63) is 0 Å². The smallest absolute Gasteiger partial charge is 0.422 e. The molecule has 1 fully saturated rings. The summed E-state index contributed by atoms with van der Waals surface area (Å²) < 4.78 is 3.90. The number of nitrogens with zero attached hydrogens (tertiary/aromatic N) is 1. The first-order valence-corrected chi connectivity index (χ1v) is 16.2. The molecule has 1 aliphatic heterocycles. The van der Waals surface area contributed by atoms with Crippen LogP contribution >= 0.6 is 19.8 Å². The number of thioether (sulfide) groups is 1. The van der Waals surface area contributed by atoms with Gasteiger partial charge < -0.3 is 20.0 Å². The van der Waals surface area contributed by atoms with Gasteiger partial charge in [-0.25, -0.2) is 15.0 Å². The molecule has 1 saturated heterocycles. The van der Waals surface area contributed by atoms with E-state index in [-0.39, 0.29) is 43.9 Å². The van der Waals surface area contributed by atoms with Gasteiger partial charge in [0.25, 0.3) is 11.8 Å². The summed E-state index contributed by atoms with van der Waals surface area (Å²) in [5.41, 5.74) is 0.530. The highest BCUT2D eigenvalue weighted by Crippen LogP contribution is 2.41. The van der Waals surface area contributed by atoms with Crippen LogP contribution in [0, 0.1) is 5.41 Å². The first kappa shape index (κ1) is 36.0. The van der Waals surface area contributed by atoms with E-state index in [1.807, 2.05) is 0 Å².